The van der Waals surface area contributed by atoms with Crippen LogP contribution in [0.3, 0.4) is 0 Å². The number of imidazole rings is 2. The third-order valence-corrected chi connectivity index (χ3v) is 12.0. The van der Waals surface area contributed by atoms with E-state index >= 15 is 0 Å². The lowest BCUT2D eigenvalue weighted by Gasteiger charge is -2.23. The first kappa shape index (κ1) is 42.9. The number of anilines is 1. The number of likely N-dealkylation sites (tertiary alicyclic amines) is 2. The maximum atomic E-state index is 13.0. The smallest absolute Gasteiger partial charge is 0.271 e. The molecule has 0 unspecified atom stereocenters. The van der Waals surface area contributed by atoms with E-state index in [-0.39, 0.29) is 41.5 Å². The number of non-ortho nitro benzene ring substituents is 1. The third kappa shape index (κ3) is 9.29. The highest BCUT2D eigenvalue weighted by Gasteiger charge is 2.35. The number of nitro benzene ring substituents is 1. The molecular formula is C50H44N10O6. The van der Waals surface area contributed by atoms with Gasteiger partial charge in [0.05, 0.1) is 50.2 Å². The summed E-state index contributed by atoms with van der Waals surface area (Å²) in [5.74, 6) is 1.13. The summed E-state index contributed by atoms with van der Waals surface area (Å²) in [6.07, 6.45) is 9.83. The summed E-state index contributed by atoms with van der Waals surface area (Å²) < 4.78 is 0. The highest BCUT2D eigenvalue weighted by atomic mass is 16.6. The van der Waals surface area contributed by atoms with Crippen molar-refractivity contribution in [3.63, 3.8) is 0 Å². The standard InChI is InChI=1S/C25H21N5O4.C25H23N5O2/c31-23(22-4-2-12-29(22)25(32)18-3-1-11-26-15-18)13-16-5-7-17(8-6-16)24-27-20-10-9-19(30(33)34)14-21(20)28-24;26-19-9-10-20-21(14-19)29-24(28-20)17-7-5-16(6-8-17)13-23(31)22-4-2-12-30(22)25(32)18-3-1-11-27-15-18/h1,3,5-11,14-15,22H,2,4,12-13H2,(H,27,28);1,3,5-11,14-15,22H,2,4,12-13,26H2,(H,28,29)/t2*22-/m00/s1. The van der Waals surface area contributed by atoms with Crippen LogP contribution in [0.4, 0.5) is 11.4 Å². The minimum Gasteiger partial charge on any atom is -0.399 e. The number of Topliss-reactive ketones (excluding diaryl/α,β-unsaturated/α-hetero) is 2. The summed E-state index contributed by atoms with van der Waals surface area (Å²) in [5.41, 5.74) is 14.0. The number of rotatable bonds is 11. The van der Waals surface area contributed by atoms with E-state index < -0.39 is 11.0 Å². The van der Waals surface area contributed by atoms with Crippen LogP contribution in [-0.2, 0) is 22.4 Å². The number of aromatic nitrogens is 6. The Morgan fingerprint density at radius 3 is 1.56 bits per heavy atom. The summed E-state index contributed by atoms with van der Waals surface area (Å²) in [4.78, 5) is 89.1. The second-order valence-corrected chi connectivity index (χ2v) is 16.4. The lowest BCUT2D eigenvalue weighted by Crippen LogP contribution is -2.41. The molecule has 2 aliphatic heterocycles. The molecule has 4 aromatic carbocycles. The molecule has 2 aliphatic rings. The number of amides is 2. The number of hydrogen-bond donors (Lipinski definition) is 3. The number of hydrogen-bond acceptors (Lipinski definition) is 11. The van der Waals surface area contributed by atoms with Crippen molar-refractivity contribution in [1.29, 1.82) is 0 Å². The zero-order valence-electron chi connectivity index (χ0n) is 35.7. The molecule has 0 spiro atoms. The quantitative estimate of drug-likeness (QED) is 0.0652. The Balaban J connectivity index is 0.000000166. The SMILES string of the molecule is Nc1ccc2nc(-c3ccc(CC(=O)[C@@H]4CCCN4C(=O)c4cccnc4)cc3)[nH]c2c1.O=C(Cc1ccc(-c2nc3ccc([N+](=O)[O-])cc3[nH]2)cc1)[C@@H]1CCCN1C(=O)c1cccnc1. The number of carbonyl (C=O) groups is 4. The average Bonchev–Trinajstić information content (AvgIpc) is 4.19. The Kier molecular flexibility index (Phi) is 12.2. The molecule has 16 heteroatoms. The summed E-state index contributed by atoms with van der Waals surface area (Å²) in [6, 6.07) is 31.4. The van der Waals surface area contributed by atoms with E-state index in [0.29, 0.717) is 66.0 Å². The van der Waals surface area contributed by atoms with Crippen molar-refractivity contribution in [2.45, 2.75) is 50.6 Å². The van der Waals surface area contributed by atoms with Crippen molar-refractivity contribution >= 4 is 56.8 Å². The van der Waals surface area contributed by atoms with Gasteiger partial charge in [0, 0.05) is 79.7 Å². The van der Waals surface area contributed by atoms with Crippen molar-refractivity contribution in [1.82, 2.24) is 39.7 Å². The van der Waals surface area contributed by atoms with Crippen molar-refractivity contribution < 1.29 is 24.1 Å². The molecule has 330 valence electrons. The Morgan fingerprint density at radius 1 is 0.636 bits per heavy atom. The van der Waals surface area contributed by atoms with Gasteiger partial charge in [-0.3, -0.25) is 39.3 Å². The van der Waals surface area contributed by atoms with Crippen LogP contribution in [-0.4, -0.2) is 93.2 Å². The predicted molar refractivity (Wildman–Crippen MR) is 248 cm³/mol. The molecule has 2 atom stereocenters. The van der Waals surface area contributed by atoms with Gasteiger partial charge in [-0.15, -0.1) is 0 Å². The largest absolute Gasteiger partial charge is 0.399 e. The van der Waals surface area contributed by atoms with Gasteiger partial charge in [0.25, 0.3) is 17.5 Å². The molecule has 2 saturated heterocycles. The summed E-state index contributed by atoms with van der Waals surface area (Å²) in [6.45, 7) is 1.16. The van der Waals surface area contributed by atoms with Gasteiger partial charge in [0.15, 0.2) is 11.6 Å². The Bertz CT molecular complexity index is 3080. The lowest BCUT2D eigenvalue weighted by atomic mass is 10.0. The molecule has 10 rings (SSSR count). The molecule has 8 aromatic rings. The average molecular weight is 881 g/mol. The molecule has 16 nitrogen and oxygen atoms in total. The zero-order chi connectivity index (χ0) is 45.7. The van der Waals surface area contributed by atoms with Crippen molar-refractivity contribution in [2.24, 2.45) is 0 Å². The van der Waals surface area contributed by atoms with Crippen molar-refractivity contribution in [3.8, 4) is 22.8 Å². The van der Waals surface area contributed by atoms with E-state index in [1.807, 2.05) is 66.7 Å². The molecule has 0 aliphatic carbocycles. The molecular weight excluding hydrogens is 837 g/mol. The number of fused-ring (bicyclic) bond motifs is 2. The topological polar surface area (TPSA) is 227 Å². The van der Waals surface area contributed by atoms with Crippen molar-refractivity contribution in [3.05, 3.63) is 166 Å². The second-order valence-electron chi connectivity index (χ2n) is 16.4. The lowest BCUT2D eigenvalue weighted by molar-refractivity contribution is -0.384. The fourth-order valence-electron chi connectivity index (χ4n) is 8.61. The normalized spacial score (nSPS) is 15.7. The molecule has 4 N–H and O–H groups in total. The second kappa shape index (κ2) is 18.8. The van der Waals surface area contributed by atoms with E-state index in [0.717, 1.165) is 52.0 Å². The van der Waals surface area contributed by atoms with Crippen LogP contribution in [0.5, 0.6) is 0 Å². The zero-order valence-corrected chi connectivity index (χ0v) is 35.7. The van der Waals surface area contributed by atoms with Crippen LogP contribution in [0, 0.1) is 10.1 Å². The van der Waals surface area contributed by atoms with Gasteiger partial charge >= 0.3 is 0 Å². The van der Waals surface area contributed by atoms with Crippen molar-refractivity contribution in [2.75, 3.05) is 18.8 Å². The van der Waals surface area contributed by atoms with Crippen LogP contribution in [0.1, 0.15) is 57.5 Å². The number of nitrogens with zero attached hydrogens (tertiary/aromatic N) is 7. The maximum Gasteiger partial charge on any atom is 0.271 e. The van der Waals surface area contributed by atoms with Gasteiger partial charge in [-0.05, 0) is 85.3 Å². The predicted octanol–water partition coefficient (Wildman–Crippen LogP) is 7.57. The first-order chi connectivity index (χ1) is 32.1. The number of nitrogens with two attached hydrogens (primary N) is 1. The van der Waals surface area contributed by atoms with Crippen LogP contribution in [0.25, 0.3) is 44.8 Å². The van der Waals surface area contributed by atoms with E-state index in [9.17, 15) is 29.3 Å². The summed E-state index contributed by atoms with van der Waals surface area (Å²) in [5, 5.41) is 11.0. The molecule has 0 bridgehead atoms. The number of carbonyl (C=O) groups excluding carboxylic acids is 4. The summed E-state index contributed by atoms with van der Waals surface area (Å²) >= 11 is 0. The number of benzene rings is 4. The number of nitrogen functional groups attached to an aromatic ring is 1. The Morgan fingerprint density at radius 2 is 1.11 bits per heavy atom. The molecule has 0 saturated carbocycles. The maximum absolute atomic E-state index is 13.0. The van der Waals surface area contributed by atoms with Gasteiger partial charge in [0.1, 0.15) is 11.6 Å². The molecule has 4 aromatic heterocycles. The number of pyridine rings is 2. The summed E-state index contributed by atoms with van der Waals surface area (Å²) in [7, 11) is 0. The molecule has 0 radical (unpaired) electrons. The number of H-pyrrole nitrogens is 2. The highest BCUT2D eigenvalue weighted by molar-refractivity contribution is 5.99. The first-order valence-corrected chi connectivity index (χ1v) is 21.6. The molecule has 66 heavy (non-hydrogen) atoms. The van der Waals surface area contributed by atoms with Gasteiger partial charge in [-0.25, -0.2) is 9.97 Å². The van der Waals surface area contributed by atoms with Crippen LogP contribution in [0.15, 0.2) is 134 Å². The number of aromatic amines is 2. The van der Waals surface area contributed by atoms with Gasteiger partial charge < -0.3 is 25.5 Å². The fraction of sp³-hybridized carbons (Fsp3) is 0.200. The minimum absolute atomic E-state index is 0.000439. The van der Waals surface area contributed by atoms with E-state index in [1.54, 1.807) is 58.7 Å². The van der Waals surface area contributed by atoms with Crippen LogP contribution >= 0.6 is 0 Å². The van der Waals surface area contributed by atoms with Crippen LogP contribution in [0.2, 0.25) is 0 Å². The Hall–Kier alpha value is -8.40. The monoisotopic (exact) mass is 880 g/mol. The minimum atomic E-state index is -0.443. The number of ketones is 2. The van der Waals surface area contributed by atoms with Gasteiger partial charge in [-0.1, -0.05) is 48.5 Å². The number of nitro groups is 1. The highest BCUT2D eigenvalue weighted by Crippen LogP contribution is 2.28. The van der Waals surface area contributed by atoms with E-state index in [1.165, 1.54) is 18.3 Å². The molecule has 2 amide bonds. The molecule has 2 fully saturated rings. The van der Waals surface area contributed by atoms with Crippen LogP contribution < -0.4 is 5.73 Å². The van der Waals surface area contributed by atoms with Gasteiger partial charge in [0.2, 0.25) is 0 Å². The van der Waals surface area contributed by atoms with E-state index in [4.69, 9.17) is 5.73 Å². The third-order valence-electron chi connectivity index (χ3n) is 12.0. The number of nitrogens with one attached hydrogen (secondary N) is 2. The Labute approximate surface area is 378 Å². The van der Waals surface area contributed by atoms with E-state index in [2.05, 4.69) is 29.9 Å². The fourth-order valence-corrected chi connectivity index (χ4v) is 8.61. The molecule has 6 heterocycles. The first-order valence-electron chi connectivity index (χ1n) is 21.6. The van der Waals surface area contributed by atoms with Gasteiger partial charge in [-0.2, -0.15) is 0 Å².